The summed E-state index contributed by atoms with van der Waals surface area (Å²) in [6.07, 6.45) is 2.27. The summed E-state index contributed by atoms with van der Waals surface area (Å²) in [6, 6.07) is 5.07. The van der Waals surface area contributed by atoms with Crippen LogP contribution in [0.3, 0.4) is 0 Å². The molecule has 1 aromatic carbocycles. The van der Waals surface area contributed by atoms with E-state index in [1.54, 1.807) is 12.1 Å². The van der Waals surface area contributed by atoms with Gasteiger partial charge in [0.2, 0.25) is 0 Å². The summed E-state index contributed by atoms with van der Waals surface area (Å²) < 4.78 is 0.850. The van der Waals surface area contributed by atoms with Crippen molar-refractivity contribution in [2.45, 2.75) is 38.3 Å². The zero-order valence-electron chi connectivity index (χ0n) is 9.70. The van der Waals surface area contributed by atoms with Crippen LogP contribution in [0.15, 0.2) is 22.7 Å². The van der Waals surface area contributed by atoms with E-state index in [1.165, 1.54) is 0 Å². The number of benzene rings is 1. The van der Waals surface area contributed by atoms with Crippen LogP contribution in [-0.4, -0.2) is 11.2 Å². The molecule has 0 amide bonds. The van der Waals surface area contributed by atoms with Gasteiger partial charge in [0, 0.05) is 9.50 Å². The van der Waals surface area contributed by atoms with Crippen LogP contribution in [0.25, 0.3) is 0 Å². The van der Waals surface area contributed by atoms with Gasteiger partial charge in [0.15, 0.2) is 0 Å². The predicted molar refractivity (Wildman–Crippen MR) is 78.9 cm³/mol. The Labute approximate surface area is 122 Å². The Morgan fingerprint density at radius 3 is 2.65 bits per heavy atom. The highest BCUT2D eigenvalue weighted by Gasteiger charge is 2.18. The highest BCUT2D eigenvalue weighted by Crippen LogP contribution is 2.28. The molecule has 2 atom stereocenters. The summed E-state index contributed by atoms with van der Waals surface area (Å²) in [6.45, 7) is 2.09. The van der Waals surface area contributed by atoms with Crippen LogP contribution in [0.1, 0.15) is 37.8 Å². The summed E-state index contributed by atoms with van der Waals surface area (Å²) >= 11 is 9.26. The van der Waals surface area contributed by atoms with Crippen molar-refractivity contribution in [3.8, 4) is 0 Å². The molecule has 0 aromatic heterocycles. The smallest absolute Gasteiger partial charge is 0.0733 e. The highest BCUT2D eigenvalue weighted by molar-refractivity contribution is 9.10. The zero-order chi connectivity index (χ0) is 12.1. The van der Waals surface area contributed by atoms with E-state index in [0.717, 1.165) is 29.3 Å². The summed E-state index contributed by atoms with van der Waals surface area (Å²) in [4.78, 5) is 0. The molecule has 1 rings (SSSR count). The van der Waals surface area contributed by atoms with E-state index >= 15 is 0 Å². The number of unbranched alkanes of at least 4 members (excludes halogenated alkanes) is 1. The average molecular weight is 343 g/mol. The lowest BCUT2D eigenvalue weighted by atomic mass is 9.98. The number of rotatable bonds is 5. The third-order valence-corrected chi connectivity index (χ3v) is 3.51. The molecule has 0 heterocycles. The Bertz CT molecular complexity index is 349. The van der Waals surface area contributed by atoms with E-state index in [1.807, 2.05) is 6.07 Å². The maximum Gasteiger partial charge on any atom is 0.0733 e. The first-order valence-electron chi connectivity index (χ1n) is 5.44. The van der Waals surface area contributed by atoms with Gasteiger partial charge in [-0.2, -0.15) is 0 Å². The van der Waals surface area contributed by atoms with Crippen LogP contribution in [-0.2, 0) is 0 Å². The largest absolute Gasteiger partial charge is 0.391 e. The van der Waals surface area contributed by atoms with Crippen molar-refractivity contribution in [2.75, 3.05) is 0 Å². The predicted octanol–water partition coefficient (Wildman–Crippen LogP) is 4.08. The van der Waals surface area contributed by atoms with Gasteiger partial charge in [-0.15, -0.1) is 12.4 Å². The number of halogens is 3. The van der Waals surface area contributed by atoms with Crippen LogP contribution in [0.5, 0.6) is 0 Å². The molecular formula is C12H18BrCl2NO. The number of hydrogen-bond donors (Lipinski definition) is 2. The van der Waals surface area contributed by atoms with Gasteiger partial charge in [-0.25, -0.2) is 0 Å². The lowest BCUT2D eigenvalue weighted by Crippen LogP contribution is -2.26. The molecule has 0 aliphatic rings. The number of aliphatic hydroxyl groups excluding tert-OH is 1. The SMILES string of the molecule is CCCC[C@H](O)[C@H](N)c1ccc(Cl)cc1Br.Cl. The fraction of sp³-hybridized carbons (Fsp3) is 0.500. The maximum absolute atomic E-state index is 9.92. The average Bonchev–Trinajstić information content (AvgIpc) is 2.25. The second-order valence-corrected chi connectivity index (χ2v) is 5.19. The molecule has 3 N–H and O–H groups in total. The maximum atomic E-state index is 9.92. The molecule has 5 heteroatoms. The Kier molecular flexibility index (Phi) is 8.43. The third kappa shape index (κ3) is 5.14. The molecule has 0 saturated heterocycles. The summed E-state index contributed by atoms with van der Waals surface area (Å²) in [7, 11) is 0. The lowest BCUT2D eigenvalue weighted by molar-refractivity contribution is 0.132. The molecule has 1 aromatic rings. The minimum Gasteiger partial charge on any atom is -0.391 e. The minimum atomic E-state index is -0.502. The monoisotopic (exact) mass is 341 g/mol. The standard InChI is InChI=1S/C12H17BrClNO.ClH/c1-2-3-4-11(16)12(15)9-6-5-8(14)7-10(9)13;/h5-7,11-12,16H,2-4,15H2,1H3;1H/t11-,12+;/m0./s1. The van der Waals surface area contributed by atoms with Crippen molar-refractivity contribution in [1.82, 2.24) is 0 Å². The van der Waals surface area contributed by atoms with Crippen molar-refractivity contribution in [3.05, 3.63) is 33.3 Å². The number of nitrogens with two attached hydrogens (primary N) is 1. The number of aliphatic hydroxyl groups is 1. The Morgan fingerprint density at radius 1 is 1.47 bits per heavy atom. The molecule has 0 aliphatic carbocycles. The quantitative estimate of drug-likeness (QED) is 0.847. The second kappa shape index (κ2) is 8.33. The molecular weight excluding hydrogens is 325 g/mol. The molecule has 0 radical (unpaired) electrons. The van der Waals surface area contributed by atoms with Gasteiger partial charge in [-0.1, -0.05) is 53.4 Å². The van der Waals surface area contributed by atoms with Crippen LogP contribution < -0.4 is 5.73 Å². The molecule has 0 aliphatic heterocycles. The molecule has 98 valence electrons. The molecule has 2 nitrogen and oxygen atoms in total. The van der Waals surface area contributed by atoms with Crippen LogP contribution in [0, 0.1) is 0 Å². The molecule has 0 fully saturated rings. The Morgan fingerprint density at radius 2 is 2.12 bits per heavy atom. The zero-order valence-corrected chi connectivity index (χ0v) is 12.9. The van der Waals surface area contributed by atoms with Crippen LogP contribution in [0.4, 0.5) is 0 Å². The van der Waals surface area contributed by atoms with E-state index in [9.17, 15) is 5.11 Å². The third-order valence-electron chi connectivity index (χ3n) is 2.59. The van der Waals surface area contributed by atoms with Gasteiger partial charge in [-0.05, 0) is 24.1 Å². The Balaban J connectivity index is 0.00000256. The van der Waals surface area contributed by atoms with E-state index in [0.29, 0.717) is 5.02 Å². The summed E-state index contributed by atoms with van der Waals surface area (Å²) in [5.74, 6) is 0. The van der Waals surface area contributed by atoms with Crippen molar-refractivity contribution in [2.24, 2.45) is 5.73 Å². The van der Waals surface area contributed by atoms with Gasteiger partial charge in [-0.3, -0.25) is 0 Å². The van der Waals surface area contributed by atoms with Gasteiger partial charge in [0.1, 0.15) is 0 Å². The first-order chi connectivity index (χ1) is 7.56. The summed E-state index contributed by atoms with van der Waals surface area (Å²) in [5.41, 5.74) is 6.90. The fourth-order valence-electron chi connectivity index (χ4n) is 1.57. The lowest BCUT2D eigenvalue weighted by Gasteiger charge is -2.20. The van der Waals surface area contributed by atoms with Crippen molar-refractivity contribution in [1.29, 1.82) is 0 Å². The van der Waals surface area contributed by atoms with Crippen LogP contribution in [0.2, 0.25) is 5.02 Å². The van der Waals surface area contributed by atoms with Gasteiger partial charge < -0.3 is 10.8 Å². The second-order valence-electron chi connectivity index (χ2n) is 3.90. The first kappa shape index (κ1) is 17.2. The van der Waals surface area contributed by atoms with Crippen LogP contribution >= 0.6 is 39.9 Å². The summed E-state index contributed by atoms with van der Waals surface area (Å²) in [5, 5.41) is 10.6. The minimum absolute atomic E-state index is 0. The van der Waals surface area contributed by atoms with E-state index in [4.69, 9.17) is 17.3 Å². The van der Waals surface area contributed by atoms with Gasteiger partial charge in [0.05, 0.1) is 12.1 Å². The van der Waals surface area contributed by atoms with E-state index in [-0.39, 0.29) is 18.4 Å². The topological polar surface area (TPSA) is 46.2 Å². The number of hydrogen-bond acceptors (Lipinski definition) is 2. The van der Waals surface area contributed by atoms with E-state index < -0.39 is 6.10 Å². The van der Waals surface area contributed by atoms with Gasteiger partial charge in [0.25, 0.3) is 0 Å². The first-order valence-corrected chi connectivity index (χ1v) is 6.62. The van der Waals surface area contributed by atoms with Crippen molar-refractivity contribution < 1.29 is 5.11 Å². The molecule has 0 saturated carbocycles. The molecule has 0 spiro atoms. The van der Waals surface area contributed by atoms with Gasteiger partial charge >= 0.3 is 0 Å². The van der Waals surface area contributed by atoms with Crippen molar-refractivity contribution in [3.63, 3.8) is 0 Å². The fourth-order valence-corrected chi connectivity index (χ4v) is 2.52. The molecule has 0 unspecified atom stereocenters. The molecule has 0 bridgehead atoms. The van der Waals surface area contributed by atoms with E-state index in [2.05, 4.69) is 22.9 Å². The molecule has 17 heavy (non-hydrogen) atoms. The normalized spacial score (nSPS) is 13.9. The van der Waals surface area contributed by atoms with Crippen molar-refractivity contribution >= 4 is 39.9 Å². The Hall–Kier alpha value is 0.200. The highest BCUT2D eigenvalue weighted by atomic mass is 79.9.